The first-order valence-corrected chi connectivity index (χ1v) is 4.77. The quantitative estimate of drug-likeness (QED) is 0.620. The molecule has 0 saturated heterocycles. The van der Waals surface area contributed by atoms with Gasteiger partial charge in [-0.3, -0.25) is 4.79 Å². The molecule has 1 saturated carbocycles. The highest BCUT2D eigenvalue weighted by Crippen LogP contribution is 2.40. The van der Waals surface area contributed by atoms with Gasteiger partial charge in [-0.25, -0.2) is 0 Å². The summed E-state index contributed by atoms with van der Waals surface area (Å²) >= 11 is 0. The zero-order valence-corrected chi connectivity index (χ0v) is 8.12. The van der Waals surface area contributed by atoms with Crippen LogP contribution in [-0.4, -0.2) is 12.6 Å². The molecule has 0 aliphatic heterocycles. The van der Waals surface area contributed by atoms with Gasteiger partial charge in [0.1, 0.15) is 5.92 Å². The van der Waals surface area contributed by atoms with Crippen LogP contribution in [0, 0.1) is 29.1 Å². The number of hydrogen-bond acceptors (Lipinski definition) is 3. The number of hydrogen-bond donors (Lipinski definition) is 0. The number of rotatable bonds is 4. The van der Waals surface area contributed by atoms with Crippen LogP contribution in [0.1, 0.15) is 26.7 Å². The Balaban J connectivity index is 2.50. The second-order valence-corrected chi connectivity index (χ2v) is 3.56. The normalized spacial score (nSPS) is 20.1. The Labute approximate surface area is 78.7 Å². The lowest BCUT2D eigenvalue weighted by Crippen LogP contribution is -2.24. The molecular weight excluding hydrogens is 166 g/mol. The van der Waals surface area contributed by atoms with Gasteiger partial charge in [0, 0.05) is 0 Å². The minimum Gasteiger partial charge on any atom is -0.465 e. The Morgan fingerprint density at radius 3 is 2.69 bits per heavy atom. The third-order valence-electron chi connectivity index (χ3n) is 2.57. The van der Waals surface area contributed by atoms with Crippen LogP contribution in [-0.2, 0) is 9.53 Å². The fourth-order valence-electron chi connectivity index (χ4n) is 1.51. The van der Waals surface area contributed by atoms with E-state index >= 15 is 0 Å². The molecule has 0 heterocycles. The monoisotopic (exact) mass is 181 g/mol. The standard InChI is InChI=1S/C10H15NO2/c1-3-13-10(12)9(6-11)7(2)8-4-5-8/h7-9H,3-5H2,1-2H3. The van der Waals surface area contributed by atoms with Gasteiger partial charge in [-0.2, -0.15) is 5.26 Å². The molecule has 2 atom stereocenters. The van der Waals surface area contributed by atoms with Crippen LogP contribution < -0.4 is 0 Å². The lowest BCUT2D eigenvalue weighted by molar-refractivity contribution is -0.147. The van der Waals surface area contributed by atoms with Crippen LogP contribution in [0.25, 0.3) is 0 Å². The summed E-state index contributed by atoms with van der Waals surface area (Å²) in [5.41, 5.74) is 0. The van der Waals surface area contributed by atoms with E-state index in [1.54, 1.807) is 6.92 Å². The van der Waals surface area contributed by atoms with Crippen molar-refractivity contribution in [2.75, 3.05) is 6.61 Å². The van der Waals surface area contributed by atoms with E-state index in [4.69, 9.17) is 10.00 Å². The largest absolute Gasteiger partial charge is 0.465 e. The number of nitrogens with zero attached hydrogens (tertiary/aromatic N) is 1. The maximum absolute atomic E-state index is 11.3. The first-order valence-electron chi connectivity index (χ1n) is 4.77. The van der Waals surface area contributed by atoms with Gasteiger partial charge in [0.25, 0.3) is 0 Å². The minimum atomic E-state index is -0.563. The van der Waals surface area contributed by atoms with Gasteiger partial charge in [0.15, 0.2) is 0 Å². The SMILES string of the molecule is CCOC(=O)C(C#N)C(C)C1CC1. The van der Waals surface area contributed by atoms with Gasteiger partial charge in [0.2, 0.25) is 0 Å². The number of carbonyl (C=O) groups excluding carboxylic acids is 1. The first-order chi connectivity index (χ1) is 6.20. The molecule has 0 N–H and O–H groups in total. The molecule has 0 aromatic rings. The molecule has 3 nitrogen and oxygen atoms in total. The molecule has 3 heteroatoms. The van der Waals surface area contributed by atoms with Crippen molar-refractivity contribution in [1.29, 1.82) is 5.26 Å². The molecule has 0 amide bonds. The minimum absolute atomic E-state index is 0.157. The van der Waals surface area contributed by atoms with Crippen molar-refractivity contribution in [2.24, 2.45) is 17.8 Å². The fraction of sp³-hybridized carbons (Fsp3) is 0.800. The summed E-state index contributed by atoms with van der Waals surface area (Å²) in [4.78, 5) is 11.3. The van der Waals surface area contributed by atoms with Gasteiger partial charge in [-0.15, -0.1) is 0 Å². The van der Waals surface area contributed by atoms with Crippen LogP contribution in [0.15, 0.2) is 0 Å². The summed E-state index contributed by atoms with van der Waals surface area (Å²) < 4.78 is 4.83. The van der Waals surface area contributed by atoms with Crippen LogP contribution >= 0.6 is 0 Å². The van der Waals surface area contributed by atoms with Gasteiger partial charge >= 0.3 is 5.97 Å². The summed E-state index contributed by atoms with van der Waals surface area (Å²) in [5, 5.41) is 8.82. The third-order valence-corrected chi connectivity index (χ3v) is 2.57. The maximum Gasteiger partial charge on any atom is 0.323 e. The average molecular weight is 181 g/mol. The number of ether oxygens (including phenoxy) is 1. The van der Waals surface area contributed by atoms with Crippen molar-refractivity contribution >= 4 is 5.97 Å². The predicted molar refractivity (Wildman–Crippen MR) is 47.6 cm³/mol. The zero-order chi connectivity index (χ0) is 9.84. The van der Waals surface area contributed by atoms with Crippen molar-refractivity contribution in [3.05, 3.63) is 0 Å². The van der Waals surface area contributed by atoms with Crippen molar-refractivity contribution in [2.45, 2.75) is 26.7 Å². The summed E-state index contributed by atoms with van der Waals surface area (Å²) in [5.74, 6) is -0.199. The number of nitriles is 1. The summed E-state index contributed by atoms with van der Waals surface area (Å²) in [6.45, 7) is 4.07. The highest BCUT2D eigenvalue weighted by atomic mass is 16.5. The summed E-state index contributed by atoms with van der Waals surface area (Å²) in [7, 11) is 0. The third kappa shape index (κ3) is 2.45. The predicted octanol–water partition coefficient (Wildman–Crippen LogP) is 1.74. The lowest BCUT2D eigenvalue weighted by Gasteiger charge is -2.14. The van der Waals surface area contributed by atoms with E-state index in [1.165, 1.54) is 0 Å². The molecule has 2 unspecified atom stereocenters. The van der Waals surface area contributed by atoms with Crippen molar-refractivity contribution in [3.8, 4) is 6.07 Å². The number of esters is 1. The van der Waals surface area contributed by atoms with Gasteiger partial charge in [-0.1, -0.05) is 6.92 Å². The van der Waals surface area contributed by atoms with Crippen LogP contribution in [0.3, 0.4) is 0 Å². The summed E-state index contributed by atoms with van der Waals surface area (Å²) in [6, 6.07) is 2.03. The van der Waals surface area contributed by atoms with Crippen molar-refractivity contribution in [3.63, 3.8) is 0 Å². The van der Waals surface area contributed by atoms with E-state index in [9.17, 15) is 4.79 Å². The summed E-state index contributed by atoms with van der Waals surface area (Å²) in [6.07, 6.45) is 2.30. The van der Waals surface area contributed by atoms with Crippen molar-refractivity contribution in [1.82, 2.24) is 0 Å². The molecular formula is C10H15NO2. The van der Waals surface area contributed by atoms with Gasteiger partial charge in [0.05, 0.1) is 12.7 Å². The van der Waals surface area contributed by atoms with Gasteiger partial charge in [-0.05, 0) is 31.6 Å². The Morgan fingerprint density at radius 2 is 2.31 bits per heavy atom. The second kappa shape index (κ2) is 4.27. The second-order valence-electron chi connectivity index (χ2n) is 3.56. The topological polar surface area (TPSA) is 50.1 Å². The van der Waals surface area contributed by atoms with E-state index in [0.717, 1.165) is 12.8 Å². The molecule has 0 radical (unpaired) electrons. The fourth-order valence-corrected chi connectivity index (χ4v) is 1.51. The molecule has 1 aliphatic rings. The zero-order valence-electron chi connectivity index (χ0n) is 8.12. The first kappa shape index (κ1) is 10.0. The lowest BCUT2D eigenvalue weighted by atomic mass is 9.91. The number of carbonyl (C=O) groups is 1. The molecule has 1 fully saturated rings. The average Bonchev–Trinajstić information content (AvgIpc) is 2.88. The van der Waals surface area contributed by atoms with Crippen LogP contribution in [0.5, 0.6) is 0 Å². The van der Waals surface area contributed by atoms with Crippen LogP contribution in [0.4, 0.5) is 0 Å². The van der Waals surface area contributed by atoms with Crippen molar-refractivity contribution < 1.29 is 9.53 Å². The molecule has 0 bridgehead atoms. The van der Waals surface area contributed by atoms with E-state index in [-0.39, 0.29) is 11.9 Å². The van der Waals surface area contributed by atoms with Crippen LogP contribution in [0.2, 0.25) is 0 Å². The molecule has 0 spiro atoms. The van der Waals surface area contributed by atoms with E-state index in [0.29, 0.717) is 12.5 Å². The maximum atomic E-state index is 11.3. The van der Waals surface area contributed by atoms with E-state index in [1.807, 2.05) is 13.0 Å². The molecule has 72 valence electrons. The Kier molecular flexibility index (Phi) is 3.30. The smallest absolute Gasteiger partial charge is 0.323 e. The Hall–Kier alpha value is -1.04. The molecule has 13 heavy (non-hydrogen) atoms. The molecule has 1 aliphatic carbocycles. The molecule has 0 aromatic carbocycles. The molecule has 1 rings (SSSR count). The molecule has 0 aromatic heterocycles. The Bertz CT molecular complexity index is 228. The Morgan fingerprint density at radius 1 is 1.69 bits per heavy atom. The van der Waals surface area contributed by atoms with Gasteiger partial charge < -0.3 is 4.74 Å². The van der Waals surface area contributed by atoms with E-state index in [2.05, 4.69) is 0 Å². The van der Waals surface area contributed by atoms with E-state index < -0.39 is 5.92 Å². The highest BCUT2D eigenvalue weighted by molar-refractivity contribution is 5.75. The highest BCUT2D eigenvalue weighted by Gasteiger charge is 2.37.